The molecule has 0 aliphatic carbocycles. The third-order valence-corrected chi connectivity index (χ3v) is 3.72. The van der Waals surface area contributed by atoms with Crippen molar-refractivity contribution in [2.45, 2.75) is 92.4 Å². The van der Waals surface area contributed by atoms with Crippen molar-refractivity contribution in [3.63, 3.8) is 0 Å². The first-order chi connectivity index (χ1) is 15.4. The number of methoxy groups -OCH3 is 1. The monoisotopic (exact) mass is 476 g/mol. The SMILES string of the molecule is C=CCOC(C)CC=O.CC(C)(C)OC=O.CCC.CCN.COC(=O)C1C(C)CCN1C. The topological polar surface area (TPSA) is 108 Å². The van der Waals surface area contributed by atoms with E-state index in [0.717, 1.165) is 25.8 Å². The van der Waals surface area contributed by atoms with Gasteiger partial charge in [0.15, 0.2) is 0 Å². The van der Waals surface area contributed by atoms with Crippen LogP contribution in [0, 0.1) is 5.92 Å². The Morgan fingerprint density at radius 1 is 1.24 bits per heavy atom. The second-order valence-electron chi connectivity index (χ2n) is 8.49. The average molecular weight is 477 g/mol. The minimum absolute atomic E-state index is 0.0139. The second kappa shape index (κ2) is 26.5. The Hall–Kier alpha value is -1.77. The zero-order valence-electron chi connectivity index (χ0n) is 22.9. The van der Waals surface area contributed by atoms with E-state index in [1.54, 1.807) is 6.08 Å². The Morgan fingerprint density at radius 2 is 1.73 bits per heavy atom. The Bertz CT molecular complexity index is 454. The number of rotatable bonds is 7. The summed E-state index contributed by atoms with van der Waals surface area (Å²) >= 11 is 0. The van der Waals surface area contributed by atoms with Gasteiger partial charge in [-0.3, -0.25) is 14.5 Å². The predicted octanol–water partition coefficient (Wildman–Crippen LogP) is 4.01. The number of esters is 1. The van der Waals surface area contributed by atoms with Crippen LogP contribution in [0.5, 0.6) is 0 Å². The minimum atomic E-state index is -0.318. The van der Waals surface area contributed by atoms with Gasteiger partial charge in [0, 0.05) is 6.42 Å². The second-order valence-corrected chi connectivity index (χ2v) is 8.49. The Kier molecular flexibility index (Phi) is 30.9. The summed E-state index contributed by atoms with van der Waals surface area (Å²) in [5.41, 5.74) is 4.53. The van der Waals surface area contributed by atoms with Crippen molar-refractivity contribution in [3.05, 3.63) is 12.7 Å². The van der Waals surface area contributed by atoms with Crippen LogP contribution >= 0.6 is 0 Å². The Balaban J connectivity index is -0.000000174. The van der Waals surface area contributed by atoms with E-state index >= 15 is 0 Å². The molecule has 1 heterocycles. The van der Waals surface area contributed by atoms with Gasteiger partial charge in [-0.15, -0.1) is 6.58 Å². The van der Waals surface area contributed by atoms with Crippen LogP contribution < -0.4 is 5.73 Å². The van der Waals surface area contributed by atoms with Crippen LogP contribution in [0.4, 0.5) is 0 Å². The fourth-order valence-electron chi connectivity index (χ4n) is 2.25. The van der Waals surface area contributed by atoms with Gasteiger partial charge < -0.3 is 24.7 Å². The lowest BCUT2D eigenvalue weighted by atomic mass is 10.0. The van der Waals surface area contributed by atoms with Gasteiger partial charge in [-0.1, -0.05) is 40.2 Å². The van der Waals surface area contributed by atoms with Crippen LogP contribution in [0.1, 0.15) is 74.7 Å². The molecule has 1 aliphatic heterocycles. The molecule has 8 heteroatoms. The molecule has 33 heavy (non-hydrogen) atoms. The van der Waals surface area contributed by atoms with Crippen LogP contribution in [-0.2, 0) is 28.6 Å². The van der Waals surface area contributed by atoms with E-state index < -0.39 is 0 Å². The maximum absolute atomic E-state index is 11.2. The third kappa shape index (κ3) is 30.2. The van der Waals surface area contributed by atoms with Crippen molar-refractivity contribution in [3.8, 4) is 0 Å². The van der Waals surface area contributed by atoms with Crippen molar-refractivity contribution in [1.82, 2.24) is 4.90 Å². The molecule has 0 aromatic carbocycles. The highest BCUT2D eigenvalue weighted by molar-refractivity contribution is 5.76. The smallest absolute Gasteiger partial charge is 0.323 e. The molecule has 0 radical (unpaired) electrons. The minimum Gasteiger partial charge on any atom is -0.468 e. The molecular formula is C25H52N2O6. The number of likely N-dealkylation sites (tertiary alicyclic amines) is 1. The van der Waals surface area contributed by atoms with Crippen molar-refractivity contribution in [1.29, 1.82) is 0 Å². The molecule has 3 atom stereocenters. The number of nitrogens with zero attached hydrogens (tertiary/aromatic N) is 1. The summed E-state index contributed by atoms with van der Waals surface area (Å²) in [5, 5.41) is 0. The van der Waals surface area contributed by atoms with E-state index in [4.69, 9.17) is 15.2 Å². The molecule has 0 spiro atoms. The molecule has 0 aromatic rings. The quantitative estimate of drug-likeness (QED) is 0.334. The zero-order chi connectivity index (χ0) is 26.9. The first kappa shape index (κ1) is 38.5. The number of nitrogens with two attached hydrogens (primary N) is 1. The maximum Gasteiger partial charge on any atom is 0.323 e. The fourth-order valence-corrected chi connectivity index (χ4v) is 2.25. The predicted molar refractivity (Wildman–Crippen MR) is 136 cm³/mol. The standard InChI is InChI=1S/C8H15NO2.C7H12O2.C5H10O2.C3H8.C2H7N/c1-6-4-5-9(2)7(6)8(10)11-3;1-3-6-9-7(2)4-5-8;1-5(2,3)7-4-6;1-3-2;1-2-3/h6-7H,4-5H2,1-3H3;3,5,7H,1,4,6H2,2H3;4H,1-3H3;3H2,1-2H3;2-3H2,1H3. The summed E-state index contributed by atoms with van der Waals surface area (Å²) in [7, 11) is 3.41. The lowest BCUT2D eigenvalue weighted by Gasteiger charge is -2.19. The van der Waals surface area contributed by atoms with E-state index in [0.29, 0.717) is 25.4 Å². The molecular weight excluding hydrogens is 424 g/mol. The molecule has 198 valence electrons. The van der Waals surface area contributed by atoms with Gasteiger partial charge in [0.05, 0.1) is 19.8 Å². The van der Waals surface area contributed by atoms with Crippen molar-refractivity contribution in [2.75, 3.05) is 33.9 Å². The van der Waals surface area contributed by atoms with Crippen molar-refractivity contribution in [2.24, 2.45) is 11.7 Å². The number of hydrogen-bond acceptors (Lipinski definition) is 8. The molecule has 2 N–H and O–H groups in total. The molecule has 3 unspecified atom stereocenters. The van der Waals surface area contributed by atoms with Crippen LogP contribution in [0.15, 0.2) is 12.7 Å². The van der Waals surface area contributed by atoms with Gasteiger partial charge >= 0.3 is 5.97 Å². The van der Waals surface area contributed by atoms with Gasteiger partial charge in [-0.05, 0) is 60.2 Å². The van der Waals surface area contributed by atoms with E-state index in [-0.39, 0.29) is 23.7 Å². The lowest BCUT2D eigenvalue weighted by molar-refractivity contribution is -0.146. The summed E-state index contributed by atoms with van der Waals surface area (Å²) < 4.78 is 14.3. The molecule has 8 nitrogen and oxygen atoms in total. The zero-order valence-corrected chi connectivity index (χ0v) is 22.9. The molecule has 1 rings (SSSR count). The summed E-state index contributed by atoms with van der Waals surface area (Å²) in [6, 6.07) is -0.0139. The van der Waals surface area contributed by atoms with Gasteiger partial charge in [-0.2, -0.15) is 0 Å². The van der Waals surface area contributed by atoms with Crippen LogP contribution in [-0.4, -0.2) is 75.2 Å². The number of ether oxygens (including phenoxy) is 3. The van der Waals surface area contributed by atoms with Crippen molar-refractivity contribution >= 4 is 18.7 Å². The van der Waals surface area contributed by atoms with Crippen molar-refractivity contribution < 1.29 is 28.6 Å². The fraction of sp³-hybridized carbons (Fsp3) is 0.800. The molecule has 1 saturated heterocycles. The average Bonchev–Trinajstić information content (AvgIpc) is 3.05. The van der Waals surface area contributed by atoms with Crippen LogP contribution in [0.2, 0.25) is 0 Å². The molecule has 0 saturated carbocycles. The third-order valence-electron chi connectivity index (χ3n) is 3.72. The number of likely N-dealkylation sites (N-methyl/N-ethyl adjacent to an activating group) is 1. The summed E-state index contributed by atoms with van der Waals surface area (Å²) in [6.45, 7) is 21.8. The maximum atomic E-state index is 11.2. The first-order valence-electron chi connectivity index (χ1n) is 11.6. The largest absolute Gasteiger partial charge is 0.468 e. The van der Waals surface area contributed by atoms with E-state index in [1.807, 2.05) is 41.7 Å². The number of carbonyl (C=O) groups excluding carboxylic acids is 3. The highest BCUT2D eigenvalue weighted by Gasteiger charge is 2.34. The van der Waals surface area contributed by atoms with Gasteiger partial charge in [0.25, 0.3) is 6.47 Å². The molecule has 0 bridgehead atoms. The highest BCUT2D eigenvalue weighted by Crippen LogP contribution is 2.22. The normalized spacial score (nSPS) is 17.5. The number of aldehydes is 1. The van der Waals surface area contributed by atoms with Gasteiger partial charge in [0.1, 0.15) is 17.9 Å². The number of carbonyl (C=O) groups is 3. The van der Waals surface area contributed by atoms with Crippen LogP contribution in [0.3, 0.4) is 0 Å². The van der Waals surface area contributed by atoms with Gasteiger partial charge in [-0.25, -0.2) is 0 Å². The molecule has 1 fully saturated rings. The van der Waals surface area contributed by atoms with E-state index in [2.05, 4.69) is 37.0 Å². The number of hydrogen-bond donors (Lipinski definition) is 1. The summed E-state index contributed by atoms with van der Waals surface area (Å²) in [6.07, 6.45) is 5.36. The van der Waals surface area contributed by atoms with Gasteiger partial charge in [0.2, 0.25) is 0 Å². The van der Waals surface area contributed by atoms with Crippen LogP contribution in [0.25, 0.3) is 0 Å². The molecule has 1 aliphatic rings. The first-order valence-corrected chi connectivity index (χ1v) is 11.6. The molecule has 0 amide bonds. The van der Waals surface area contributed by atoms with E-state index in [1.165, 1.54) is 13.5 Å². The Morgan fingerprint density at radius 3 is 1.97 bits per heavy atom. The molecule has 0 aromatic heterocycles. The lowest BCUT2D eigenvalue weighted by Crippen LogP contribution is -2.37. The summed E-state index contributed by atoms with van der Waals surface area (Å²) in [5.74, 6) is 0.338. The Labute approximate surface area is 203 Å². The summed E-state index contributed by atoms with van der Waals surface area (Å²) in [4.78, 5) is 32.7. The van der Waals surface area contributed by atoms with E-state index in [9.17, 15) is 14.4 Å². The highest BCUT2D eigenvalue weighted by atomic mass is 16.5.